The van der Waals surface area contributed by atoms with Gasteiger partial charge in [0.15, 0.2) is 0 Å². The zero-order valence-corrected chi connectivity index (χ0v) is 10.1. The van der Waals surface area contributed by atoms with Crippen molar-refractivity contribution in [1.29, 1.82) is 0 Å². The minimum Gasteiger partial charge on any atom is -0.474 e. The Hall–Kier alpha value is -1.84. The van der Waals surface area contributed by atoms with Crippen molar-refractivity contribution in [2.75, 3.05) is 45.2 Å². The van der Waals surface area contributed by atoms with E-state index in [0.29, 0.717) is 23.9 Å². The Labute approximate surface area is 106 Å². The lowest BCUT2D eigenvalue weighted by Crippen LogP contribution is -2.38. The van der Waals surface area contributed by atoms with E-state index in [1.807, 2.05) is 0 Å². The van der Waals surface area contributed by atoms with Gasteiger partial charge in [0.05, 0.1) is 18.9 Å². The number of ether oxygens (including phenoxy) is 2. The number of rotatable bonds is 4. The van der Waals surface area contributed by atoms with Crippen LogP contribution in [-0.4, -0.2) is 54.6 Å². The van der Waals surface area contributed by atoms with E-state index in [4.69, 9.17) is 21.6 Å². The van der Waals surface area contributed by atoms with Crippen molar-refractivity contribution in [3.8, 4) is 18.2 Å². The molecule has 2 N–H and O–H groups in total. The molecule has 1 aliphatic rings. The molecule has 0 atom stereocenters. The average Bonchev–Trinajstić information content (AvgIpc) is 2.42. The van der Waals surface area contributed by atoms with E-state index in [2.05, 4.69) is 21.0 Å². The number of nitrogens with two attached hydrogens (primary N) is 1. The lowest BCUT2D eigenvalue weighted by molar-refractivity contribution is 0.0320. The molecule has 0 bridgehead atoms. The number of nitrogen functional groups attached to an aromatic ring is 1. The van der Waals surface area contributed by atoms with Gasteiger partial charge in [-0.3, -0.25) is 4.90 Å². The van der Waals surface area contributed by atoms with Gasteiger partial charge in [-0.1, -0.05) is 0 Å². The molecule has 6 nitrogen and oxygen atoms in total. The first-order valence-electron chi connectivity index (χ1n) is 5.82. The third kappa shape index (κ3) is 3.32. The predicted molar refractivity (Wildman–Crippen MR) is 67.1 cm³/mol. The normalized spacial score (nSPS) is 16.2. The topological polar surface area (TPSA) is 73.5 Å². The summed E-state index contributed by atoms with van der Waals surface area (Å²) in [5.41, 5.74) is 6.59. The largest absolute Gasteiger partial charge is 0.474 e. The molecule has 6 heteroatoms. The monoisotopic (exact) mass is 248 g/mol. The molecule has 0 unspecified atom stereocenters. The van der Waals surface area contributed by atoms with Gasteiger partial charge in [0, 0.05) is 25.7 Å². The first-order valence-corrected chi connectivity index (χ1v) is 5.82. The summed E-state index contributed by atoms with van der Waals surface area (Å²) in [5.74, 6) is 2.71. The van der Waals surface area contributed by atoms with Crippen molar-refractivity contribution in [2.24, 2.45) is 0 Å². The Balaban J connectivity index is 1.81. The summed E-state index contributed by atoms with van der Waals surface area (Å²) < 4.78 is 10.8. The smallest absolute Gasteiger partial charge is 0.257 e. The van der Waals surface area contributed by atoms with Crippen LogP contribution < -0.4 is 10.5 Å². The van der Waals surface area contributed by atoms with Gasteiger partial charge in [-0.05, 0) is 5.92 Å². The number of hydrogen-bond donors (Lipinski definition) is 1. The van der Waals surface area contributed by atoms with E-state index < -0.39 is 0 Å². The van der Waals surface area contributed by atoms with Crippen LogP contribution in [0.25, 0.3) is 0 Å². The molecule has 1 aromatic rings. The summed E-state index contributed by atoms with van der Waals surface area (Å²) in [7, 11) is 0. The van der Waals surface area contributed by atoms with Crippen molar-refractivity contribution in [2.45, 2.75) is 0 Å². The molecule has 0 aromatic carbocycles. The van der Waals surface area contributed by atoms with Gasteiger partial charge >= 0.3 is 0 Å². The molecular formula is C12H16N4O2. The Bertz CT molecular complexity index is 438. The highest BCUT2D eigenvalue weighted by atomic mass is 16.5. The molecule has 2 rings (SSSR count). The third-order valence-corrected chi connectivity index (χ3v) is 2.69. The Morgan fingerprint density at radius 2 is 2.22 bits per heavy atom. The van der Waals surface area contributed by atoms with Gasteiger partial charge in [0.1, 0.15) is 12.3 Å². The highest BCUT2D eigenvalue weighted by molar-refractivity contribution is 5.50. The Morgan fingerprint density at radius 1 is 1.44 bits per heavy atom. The van der Waals surface area contributed by atoms with Crippen LogP contribution in [-0.2, 0) is 4.74 Å². The number of morpholine rings is 1. The van der Waals surface area contributed by atoms with E-state index in [-0.39, 0.29) is 0 Å². The fourth-order valence-electron chi connectivity index (χ4n) is 1.67. The maximum absolute atomic E-state index is 5.76. The van der Waals surface area contributed by atoms with E-state index >= 15 is 0 Å². The third-order valence-electron chi connectivity index (χ3n) is 2.69. The molecule has 0 saturated carbocycles. The number of aromatic nitrogens is 2. The van der Waals surface area contributed by atoms with Crippen molar-refractivity contribution >= 4 is 5.69 Å². The van der Waals surface area contributed by atoms with Crippen molar-refractivity contribution < 1.29 is 9.47 Å². The zero-order valence-electron chi connectivity index (χ0n) is 10.1. The lowest BCUT2D eigenvalue weighted by atomic mass is 10.3. The minimum atomic E-state index is 0.335. The fraction of sp³-hybridized carbons (Fsp3) is 0.500. The molecular weight excluding hydrogens is 232 g/mol. The zero-order chi connectivity index (χ0) is 12.8. The summed E-state index contributed by atoms with van der Waals surface area (Å²) in [5, 5.41) is 7.65. The van der Waals surface area contributed by atoms with Crippen LogP contribution in [0.1, 0.15) is 5.69 Å². The van der Waals surface area contributed by atoms with Crippen LogP contribution in [0.2, 0.25) is 0 Å². The van der Waals surface area contributed by atoms with Gasteiger partial charge in [0.25, 0.3) is 5.88 Å². The molecule has 0 aliphatic carbocycles. The second kappa shape index (κ2) is 6.19. The van der Waals surface area contributed by atoms with E-state index in [1.54, 1.807) is 6.07 Å². The molecule has 18 heavy (non-hydrogen) atoms. The molecule has 1 saturated heterocycles. The summed E-state index contributed by atoms with van der Waals surface area (Å²) in [6.07, 6.45) is 5.20. The molecule has 0 spiro atoms. The highest BCUT2D eigenvalue weighted by Crippen LogP contribution is 2.16. The molecule has 96 valence electrons. The van der Waals surface area contributed by atoms with Crippen LogP contribution in [0.15, 0.2) is 6.07 Å². The van der Waals surface area contributed by atoms with Crippen LogP contribution in [0.3, 0.4) is 0 Å². The first kappa shape index (κ1) is 12.6. The standard InChI is InChI=1S/C12H16N4O2/c1-2-10-9-11(13)12(15-14-10)18-8-5-16-3-6-17-7-4-16/h1,9H,3-8H2,(H2,13,14). The first-order chi connectivity index (χ1) is 8.79. The second-order valence-electron chi connectivity index (χ2n) is 3.94. The Morgan fingerprint density at radius 3 is 2.89 bits per heavy atom. The number of hydrogen-bond acceptors (Lipinski definition) is 6. The highest BCUT2D eigenvalue weighted by Gasteiger charge is 2.10. The molecule has 0 amide bonds. The van der Waals surface area contributed by atoms with Crippen molar-refractivity contribution in [3.63, 3.8) is 0 Å². The number of anilines is 1. The van der Waals surface area contributed by atoms with Gasteiger partial charge in [-0.25, -0.2) is 0 Å². The minimum absolute atomic E-state index is 0.335. The number of nitrogens with zero attached hydrogens (tertiary/aromatic N) is 3. The summed E-state index contributed by atoms with van der Waals surface area (Å²) in [6.45, 7) is 4.76. The van der Waals surface area contributed by atoms with E-state index in [0.717, 1.165) is 32.8 Å². The van der Waals surface area contributed by atoms with Crippen molar-refractivity contribution in [1.82, 2.24) is 15.1 Å². The molecule has 1 aliphatic heterocycles. The van der Waals surface area contributed by atoms with Gasteiger partial charge in [0.2, 0.25) is 0 Å². The maximum atomic E-state index is 5.76. The van der Waals surface area contributed by atoms with Crippen LogP contribution in [0.4, 0.5) is 5.69 Å². The van der Waals surface area contributed by atoms with Crippen LogP contribution in [0, 0.1) is 12.3 Å². The molecule has 2 heterocycles. The van der Waals surface area contributed by atoms with Crippen molar-refractivity contribution in [3.05, 3.63) is 11.8 Å². The summed E-state index contributed by atoms with van der Waals surface area (Å²) in [6, 6.07) is 1.58. The van der Waals surface area contributed by atoms with Gasteiger partial charge in [-0.2, -0.15) is 0 Å². The van der Waals surface area contributed by atoms with E-state index in [9.17, 15) is 0 Å². The molecule has 1 aromatic heterocycles. The van der Waals surface area contributed by atoms with Gasteiger partial charge < -0.3 is 15.2 Å². The fourth-order valence-corrected chi connectivity index (χ4v) is 1.67. The summed E-state index contributed by atoms with van der Waals surface area (Å²) >= 11 is 0. The van der Waals surface area contributed by atoms with Crippen LogP contribution >= 0.6 is 0 Å². The van der Waals surface area contributed by atoms with E-state index in [1.165, 1.54) is 0 Å². The maximum Gasteiger partial charge on any atom is 0.257 e. The van der Waals surface area contributed by atoms with Crippen LogP contribution in [0.5, 0.6) is 5.88 Å². The SMILES string of the molecule is C#Cc1cc(N)c(OCCN2CCOCC2)nn1. The average molecular weight is 248 g/mol. The number of terminal acetylenes is 1. The Kier molecular flexibility index (Phi) is 4.34. The summed E-state index contributed by atoms with van der Waals surface area (Å²) in [4.78, 5) is 2.27. The second-order valence-corrected chi connectivity index (χ2v) is 3.94. The quantitative estimate of drug-likeness (QED) is 0.741. The molecule has 0 radical (unpaired) electrons. The molecule has 1 fully saturated rings. The lowest BCUT2D eigenvalue weighted by Gasteiger charge is -2.26. The predicted octanol–water partition coefficient (Wildman–Crippen LogP) is -0.249. The van der Waals surface area contributed by atoms with Gasteiger partial charge in [-0.15, -0.1) is 16.6 Å².